The van der Waals surface area contributed by atoms with E-state index in [1.807, 2.05) is 12.3 Å². The van der Waals surface area contributed by atoms with Crippen LogP contribution in [0.3, 0.4) is 0 Å². The van der Waals surface area contributed by atoms with Crippen LogP contribution >= 0.6 is 11.3 Å². The Morgan fingerprint density at radius 1 is 1.39 bits per heavy atom. The van der Waals surface area contributed by atoms with Crippen LogP contribution in [0.5, 0.6) is 0 Å². The summed E-state index contributed by atoms with van der Waals surface area (Å²) < 4.78 is 26.5. The van der Waals surface area contributed by atoms with Crippen molar-refractivity contribution in [3.05, 3.63) is 52.0 Å². The maximum absolute atomic E-state index is 13.4. The fourth-order valence-corrected chi connectivity index (χ4v) is 2.52. The van der Waals surface area contributed by atoms with Gasteiger partial charge in [0.15, 0.2) is 0 Å². The van der Waals surface area contributed by atoms with Gasteiger partial charge in [-0.3, -0.25) is 0 Å². The lowest BCUT2D eigenvalue weighted by Crippen LogP contribution is -2.20. The molecule has 0 aliphatic carbocycles. The Balaban J connectivity index is 2.04. The Morgan fingerprint density at radius 3 is 2.89 bits per heavy atom. The largest absolute Gasteiger partial charge is 0.304 e. The molecule has 1 heterocycles. The van der Waals surface area contributed by atoms with Gasteiger partial charge in [-0.15, -0.1) is 11.3 Å². The van der Waals surface area contributed by atoms with Crippen molar-refractivity contribution >= 4 is 11.3 Å². The van der Waals surface area contributed by atoms with E-state index in [1.54, 1.807) is 17.5 Å². The van der Waals surface area contributed by atoms with E-state index in [0.717, 1.165) is 23.6 Å². The van der Waals surface area contributed by atoms with E-state index in [4.69, 9.17) is 0 Å². The van der Waals surface area contributed by atoms with Crippen molar-refractivity contribution in [3.8, 4) is 0 Å². The van der Waals surface area contributed by atoms with Gasteiger partial charge in [0.2, 0.25) is 0 Å². The summed E-state index contributed by atoms with van der Waals surface area (Å²) >= 11 is 1.56. The Bertz CT molecular complexity index is 500. The summed E-state index contributed by atoms with van der Waals surface area (Å²) in [5.41, 5.74) is 0.338. The van der Waals surface area contributed by atoms with E-state index in [2.05, 4.69) is 10.3 Å². The molecule has 18 heavy (non-hydrogen) atoms. The van der Waals surface area contributed by atoms with Crippen LogP contribution in [0.15, 0.2) is 29.8 Å². The summed E-state index contributed by atoms with van der Waals surface area (Å²) in [7, 11) is 0. The molecule has 1 unspecified atom stereocenters. The van der Waals surface area contributed by atoms with E-state index in [0.29, 0.717) is 12.1 Å². The van der Waals surface area contributed by atoms with Gasteiger partial charge in [0, 0.05) is 23.7 Å². The van der Waals surface area contributed by atoms with Crippen LogP contribution < -0.4 is 5.32 Å². The van der Waals surface area contributed by atoms with Gasteiger partial charge < -0.3 is 5.32 Å². The van der Waals surface area contributed by atoms with Gasteiger partial charge >= 0.3 is 0 Å². The number of nitrogens with one attached hydrogen (secondary N) is 1. The van der Waals surface area contributed by atoms with E-state index >= 15 is 0 Å². The molecule has 96 valence electrons. The van der Waals surface area contributed by atoms with Gasteiger partial charge in [0.25, 0.3) is 0 Å². The fraction of sp³-hybridized carbons (Fsp3) is 0.308. The third kappa shape index (κ3) is 3.11. The Kier molecular flexibility index (Phi) is 4.38. The highest BCUT2D eigenvalue weighted by Gasteiger charge is 2.12. The fourth-order valence-electron chi connectivity index (χ4n) is 1.72. The predicted molar refractivity (Wildman–Crippen MR) is 68.3 cm³/mol. The third-order valence-corrected chi connectivity index (χ3v) is 3.59. The van der Waals surface area contributed by atoms with Crippen LogP contribution in [-0.4, -0.2) is 4.98 Å². The van der Waals surface area contributed by atoms with Crippen LogP contribution in [0, 0.1) is 11.6 Å². The molecule has 1 aromatic heterocycles. The molecule has 0 saturated carbocycles. The molecular weight excluding hydrogens is 254 g/mol. The number of hydrogen-bond donors (Lipinski definition) is 1. The van der Waals surface area contributed by atoms with Crippen LogP contribution in [0.1, 0.15) is 30.0 Å². The van der Waals surface area contributed by atoms with Crippen LogP contribution in [-0.2, 0) is 6.54 Å². The maximum atomic E-state index is 13.4. The minimum Gasteiger partial charge on any atom is -0.304 e. The highest BCUT2D eigenvalue weighted by molar-refractivity contribution is 7.09. The summed E-state index contributed by atoms with van der Waals surface area (Å²) in [5, 5.41) is 6.07. The summed E-state index contributed by atoms with van der Waals surface area (Å²) in [4.78, 5) is 4.23. The monoisotopic (exact) mass is 268 g/mol. The van der Waals surface area contributed by atoms with Gasteiger partial charge in [-0.05, 0) is 24.6 Å². The van der Waals surface area contributed by atoms with Crippen molar-refractivity contribution in [1.29, 1.82) is 0 Å². The topological polar surface area (TPSA) is 24.9 Å². The first-order chi connectivity index (χ1) is 8.70. The highest BCUT2D eigenvalue weighted by Crippen LogP contribution is 2.20. The van der Waals surface area contributed by atoms with Crippen LogP contribution in [0.4, 0.5) is 8.78 Å². The summed E-state index contributed by atoms with van der Waals surface area (Å²) in [6.45, 7) is 2.32. The molecule has 0 aliphatic rings. The number of halogens is 2. The number of hydrogen-bond acceptors (Lipinski definition) is 3. The first-order valence-corrected chi connectivity index (χ1v) is 6.65. The average Bonchev–Trinajstić information content (AvgIpc) is 2.88. The SMILES string of the molecule is CCC(NCc1cc(F)ccc1F)c1nccs1. The van der Waals surface area contributed by atoms with Crippen molar-refractivity contribution in [2.24, 2.45) is 0 Å². The molecule has 2 rings (SSSR count). The molecule has 2 nitrogen and oxygen atoms in total. The number of benzene rings is 1. The summed E-state index contributed by atoms with van der Waals surface area (Å²) in [5.74, 6) is -0.812. The van der Waals surface area contributed by atoms with E-state index in [1.165, 1.54) is 6.07 Å². The lowest BCUT2D eigenvalue weighted by atomic mass is 10.1. The zero-order chi connectivity index (χ0) is 13.0. The normalized spacial score (nSPS) is 12.6. The molecule has 0 aliphatic heterocycles. The van der Waals surface area contributed by atoms with Crippen molar-refractivity contribution in [3.63, 3.8) is 0 Å². The second-order valence-electron chi connectivity index (χ2n) is 3.95. The van der Waals surface area contributed by atoms with Gasteiger partial charge in [-0.2, -0.15) is 0 Å². The number of nitrogens with zero attached hydrogens (tertiary/aromatic N) is 1. The van der Waals surface area contributed by atoms with E-state index < -0.39 is 11.6 Å². The predicted octanol–water partition coefficient (Wildman–Crippen LogP) is 3.66. The molecule has 0 saturated heterocycles. The second-order valence-corrected chi connectivity index (χ2v) is 4.87. The quantitative estimate of drug-likeness (QED) is 0.895. The zero-order valence-electron chi connectivity index (χ0n) is 9.99. The smallest absolute Gasteiger partial charge is 0.127 e. The first-order valence-electron chi connectivity index (χ1n) is 5.77. The Morgan fingerprint density at radius 2 is 2.22 bits per heavy atom. The zero-order valence-corrected chi connectivity index (χ0v) is 10.8. The van der Waals surface area contributed by atoms with Crippen molar-refractivity contribution in [2.75, 3.05) is 0 Å². The lowest BCUT2D eigenvalue weighted by molar-refractivity contribution is 0.499. The van der Waals surface area contributed by atoms with Crippen LogP contribution in [0.25, 0.3) is 0 Å². The minimum absolute atomic E-state index is 0.0765. The van der Waals surface area contributed by atoms with Crippen molar-refractivity contribution < 1.29 is 8.78 Å². The second kappa shape index (κ2) is 6.02. The highest BCUT2D eigenvalue weighted by atomic mass is 32.1. The van der Waals surface area contributed by atoms with Crippen LogP contribution in [0.2, 0.25) is 0 Å². The van der Waals surface area contributed by atoms with E-state index in [9.17, 15) is 8.78 Å². The van der Waals surface area contributed by atoms with Gasteiger partial charge in [-0.1, -0.05) is 6.92 Å². The van der Waals surface area contributed by atoms with Gasteiger partial charge in [0.05, 0.1) is 6.04 Å². The molecule has 0 amide bonds. The lowest BCUT2D eigenvalue weighted by Gasteiger charge is -2.14. The average molecular weight is 268 g/mol. The molecule has 0 bridgehead atoms. The molecule has 2 aromatic rings. The molecule has 1 atom stereocenters. The molecular formula is C13H14F2N2S. The van der Waals surface area contributed by atoms with Gasteiger partial charge in [-0.25, -0.2) is 13.8 Å². The number of thiazole rings is 1. The molecule has 1 N–H and O–H groups in total. The van der Waals surface area contributed by atoms with Crippen molar-refractivity contribution in [1.82, 2.24) is 10.3 Å². The number of aromatic nitrogens is 1. The van der Waals surface area contributed by atoms with Crippen molar-refractivity contribution in [2.45, 2.75) is 25.9 Å². The number of rotatable bonds is 5. The molecule has 0 radical (unpaired) electrons. The van der Waals surface area contributed by atoms with Gasteiger partial charge in [0.1, 0.15) is 16.6 Å². The summed E-state index contributed by atoms with van der Waals surface area (Å²) in [6.07, 6.45) is 2.59. The summed E-state index contributed by atoms with van der Waals surface area (Å²) in [6, 6.07) is 3.57. The maximum Gasteiger partial charge on any atom is 0.127 e. The first kappa shape index (κ1) is 13.1. The standard InChI is InChI=1S/C13H14F2N2S/c1-2-12(13-16-5-6-18-13)17-8-9-7-10(14)3-4-11(9)15/h3-7,12,17H,2,8H2,1H3. The Labute approximate surface area is 109 Å². The third-order valence-electron chi connectivity index (χ3n) is 2.70. The molecule has 5 heteroatoms. The Hall–Kier alpha value is -1.33. The molecule has 0 spiro atoms. The van der Waals surface area contributed by atoms with E-state index in [-0.39, 0.29) is 6.04 Å². The minimum atomic E-state index is -0.421. The molecule has 0 fully saturated rings. The molecule has 1 aromatic carbocycles.